The molecule has 4 aromatic carbocycles. The molecule has 1 nitrogen and oxygen atoms in total. The molecule has 8 aliphatic rings. The largest absolute Gasteiger partial charge is 0.317 e. The minimum Gasteiger partial charge on any atom is -0.317 e. The van der Waals surface area contributed by atoms with Crippen LogP contribution in [0.2, 0.25) is 5.82 Å². The van der Waals surface area contributed by atoms with Crippen LogP contribution in [0.3, 0.4) is 0 Å². The van der Waals surface area contributed by atoms with Crippen LogP contribution in [-0.4, -0.2) is 7.28 Å². The van der Waals surface area contributed by atoms with Gasteiger partial charge >= 0.3 is 0 Å². The summed E-state index contributed by atoms with van der Waals surface area (Å²) in [4.78, 5) is 2.67. The van der Waals surface area contributed by atoms with E-state index in [1.807, 2.05) is 0 Å². The molecule has 268 valence electrons. The van der Waals surface area contributed by atoms with Crippen LogP contribution in [0.25, 0.3) is 16.7 Å². The van der Waals surface area contributed by atoms with Crippen LogP contribution in [0.5, 0.6) is 0 Å². The van der Waals surface area contributed by atoms with Gasteiger partial charge in [-0.3, -0.25) is 0 Å². The van der Waals surface area contributed by atoms with Crippen LogP contribution in [0.1, 0.15) is 104 Å². The zero-order valence-electron chi connectivity index (χ0n) is 32.2. The van der Waals surface area contributed by atoms with E-state index in [0.717, 1.165) is 32.1 Å². The number of allylic oxidation sites excluding steroid dienone is 14. The average molecular weight is 710 g/mol. The minimum atomic E-state index is 0.0177. The maximum Gasteiger partial charge on any atom is 0.142 e. The van der Waals surface area contributed by atoms with Gasteiger partial charge in [0.15, 0.2) is 0 Å². The highest BCUT2D eigenvalue weighted by molar-refractivity contribution is 6.58. The first-order valence-electron chi connectivity index (χ1n) is 21.1. The van der Waals surface area contributed by atoms with Gasteiger partial charge in [0.2, 0.25) is 0 Å². The zero-order chi connectivity index (χ0) is 36.5. The summed E-state index contributed by atoms with van der Waals surface area (Å²) >= 11 is 0. The summed E-state index contributed by atoms with van der Waals surface area (Å²) in [5.41, 5.74) is 24.3. The van der Waals surface area contributed by atoms with Crippen LogP contribution in [-0.2, 0) is 17.2 Å². The average Bonchev–Trinajstić information content (AvgIpc) is 3.82. The first-order chi connectivity index (χ1) is 27.0. The molecule has 6 aliphatic carbocycles. The summed E-state index contributed by atoms with van der Waals surface area (Å²) in [5, 5.41) is 0.209. The Balaban J connectivity index is 0.929. The Kier molecular flexibility index (Phi) is 6.86. The van der Waals surface area contributed by atoms with Crippen LogP contribution in [0, 0.1) is 0 Å². The van der Waals surface area contributed by atoms with Gasteiger partial charge in [-0.05, 0) is 141 Å². The van der Waals surface area contributed by atoms with Crippen molar-refractivity contribution in [3.05, 3.63) is 201 Å². The van der Waals surface area contributed by atoms with Gasteiger partial charge in [0.05, 0.1) is 0 Å². The molecule has 1 saturated heterocycles. The predicted molar refractivity (Wildman–Crippen MR) is 231 cm³/mol. The monoisotopic (exact) mass is 709 g/mol. The van der Waals surface area contributed by atoms with Crippen molar-refractivity contribution in [3.8, 4) is 11.1 Å². The summed E-state index contributed by atoms with van der Waals surface area (Å²) < 4.78 is 0. The van der Waals surface area contributed by atoms with Crippen molar-refractivity contribution < 1.29 is 0 Å². The third kappa shape index (κ3) is 4.61. The van der Waals surface area contributed by atoms with Gasteiger partial charge in [-0.25, -0.2) is 0 Å². The molecular weight excluding hydrogens is 661 g/mol. The molecule has 0 N–H and O–H groups in total. The van der Waals surface area contributed by atoms with E-state index < -0.39 is 0 Å². The van der Waals surface area contributed by atoms with Gasteiger partial charge in [0.1, 0.15) is 7.28 Å². The fraction of sp³-hybridized carbons (Fsp3) is 0.283. The normalized spacial score (nSPS) is 27.4. The van der Waals surface area contributed by atoms with Gasteiger partial charge in [-0.2, -0.15) is 0 Å². The van der Waals surface area contributed by atoms with Crippen molar-refractivity contribution in [2.75, 3.05) is 4.90 Å². The molecule has 0 spiro atoms. The Labute approximate surface area is 327 Å². The maximum atomic E-state index is 2.71. The summed E-state index contributed by atoms with van der Waals surface area (Å²) in [6.45, 7) is 4.94. The number of hydrogen-bond acceptors (Lipinski definition) is 1. The third-order valence-electron chi connectivity index (χ3n) is 15.1. The smallest absolute Gasteiger partial charge is 0.142 e. The van der Waals surface area contributed by atoms with E-state index in [1.54, 1.807) is 28.0 Å². The molecule has 4 atom stereocenters. The van der Waals surface area contributed by atoms with Gasteiger partial charge in [-0.15, -0.1) is 0 Å². The first kappa shape index (κ1) is 32.2. The van der Waals surface area contributed by atoms with E-state index in [4.69, 9.17) is 0 Å². The maximum absolute atomic E-state index is 2.71. The number of fused-ring (bicyclic) bond motifs is 10. The standard InChI is InChI=1S/C53H48BN/c1-52(2)47-21-10-8-17-40(47)42-19-12-20-43(51(42)52)44-29-35-15-6-7-16-38(35)45-30-36(25-28-39(44)45)53-32-46-41-18-9-11-22-48(41)55(49(46)31-50(53)54-53)37-26-23-34(24-27-37)33-13-4-3-5-14-33/h3-4,6-11,13,15-19,21-23,25-26,28,30-31,44,46,50,54H,5,12,14,20,24,27,29,32H2,1-2H3. The first-order valence-corrected chi connectivity index (χ1v) is 21.1. The fourth-order valence-electron chi connectivity index (χ4n) is 12.4. The number of benzene rings is 4. The number of hydrogen-bond donors (Lipinski definition) is 0. The van der Waals surface area contributed by atoms with Gasteiger partial charge in [0.25, 0.3) is 0 Å². The highest BCUT2D eigenvalue weighted by atomic mass is 15.2. The Morgan fingerprint density at radius 3 is 2.42 bits per heavy atom. The second-order valence-electron chi connectivity index (χ2n) is 18.2. The number of nitrogens with zero attached hydrogens (tertiary/aromatic N) is 1. The molecule has 0 bridgehead atoms. The summed E-state index contributed by atoms with van der Waals surface area (Å²) in [7, 11) is 1.26. The lowest BCUT2D eigenvalue weighted by Gasteiger charge is -2.37. The van der Waals surface area contributed by atoms with Crippen LogP contribution < -0.4 is 4.90 Å². The van der Waals surface area contributed by atoms with Crippen LogP contribution in [0.15, 0.2) is 167 Å². The molecule has 4 unspecified atom stereocenters. The molecular formula is C53H48BN. The molecule has 2 heterocycles. The van der Waals surface area contributed by atoms with Crippen LogP contribution in [0.4, 0.5) is 5.69 Å². The Bertz CT molecular complexity index is 2580. The molecule has 1 fully saturated rings. The molecule has 0 saturated carbocycles. The van der Waals surface area contributed by atoms with Crippen molar-refractivity contribution in [2.45, 2.75) is 93.6 Å². The lowest BCUT2D eigenvalue weighted by Crippen LogP contribution is -2.26. The van der Waals surface area contributed by atoms with Crippen molar-refractivity contribution >= 4 is 18.5 Å². The van der Waals surface area contributed by atoms with E-state index in [0.29, 0.717) is 17.7 Å². The SMILES string of the molecule is CC1(C)C2=C(C3Cc4ccccc4-c4cc(C56BC5C=C5C(C6)c6ccccc6N5C5=CC=C(C6=CC=CCC6)CC5)ccc43)CCC=C2c2ccccc21. The van der Waals surface area contributed by atoms with Gasteiger partial charge in [-0.1, -0.05) is 141 Å². The van der Waals surface area contributed by atoms with E-state index in [1.165, 1.54) is 88.0 Å². The molecule has 2 aliphatic heterocycles. The van der Waals surface area contributed by atoms with E-state index in [-0.39, 0.29) is 10.7 Å². The minimum absolute atomic E-state index is 0.0177. The second-order valence-corrected chi connectivity index (χ2v) is 18.2. The predicted octanol–water partition coefficient (Wildman–Crippen LogP) is 12.7. The fourth-order valence-corrected chi connectivity index (χ4v) is 12.4. The molecule has 0 amide bonds. The summed E-state index contributed by atoms with van der Waals surface area (Å²) in [5.74, 6) is 1.44. The Hall–Kier alpha value is -5.08. The van der Waals surface area contributed by atoms with Crippen molar-refractivity contribution in [2.24, 2.45) is 0 Å². The Morgan fingerprint density at radius 2 is 1.55 bits per heavy atom. The van der Waals surface area contributed by atoms with Crippen molar-refractivity contribution in [3.63, 3.8) is 0 Å². The van der Waals surface area contributed by atoms with Crippen molar-refractivity contribution in [1.29, 1.82) is 0 Å². The van der Waals surface area contributed by atoms with Crippen LogP contribution >= 0.6 is 0 Å². The van der Waals surface area contributed by atoms with E-state index in [9.17, 15) is 0 Å². The summed E-state index contributed by atoms with van der Waals surface area (Å²) in [6.07, 6.45) is 26.1. The molecule has 55 heavy (non-hydrogen) atoms. The molecule has 0 radical (unpaired) electrons. The molecule has 4 aromatic rings. The Morgan fingerprint density at radius 1 is 0.709 bits per heavy atom. The van der Waals surface area contributed by atoms with E-state index in [2.05, 4.69) is 152 Å². The molecule has 0 aromatic heterocycles. The van der Waals surface area contributed by atoms with E-state index >= 15 is 0 Å². The number of rotatable bonds is 4. The molecule has 12 rings (SSSR count). The lowest BCUT2D eigenvalue weighted by atomic mass is 9.67. The number of para-hydroxylation sites is 1. The van der Waals surface area contributed by atoms with Crippen molar-refractivity contribution in [1.82, 2.24) is 0 Å². The lowest BCUT2D eigenvalue weighted by molar-refractivity contribution is 0.561. The highest BCUT2D eigenvalue weighted by Gasteiger charge is 2.61. The van der Waals surface area contributed by atoms with Gasteiger partial charge in [0, 0.05) is 34.3 Å². The quantitative estimate of drug-likeness (QED) is 0.191. The summed E-state index contributed by atoms with van der Waals surface area (Å²) in [6, 6.07) is 35.7. The second kappa shape index (κ2) is 11.7. The zero-order valence-corrected chi connectivity index (χ0v) is 32.2. The third-order valence-corrected chi connectivity index (χ3v) is 15.1. The topological polar surface area (TPSA) is 3.24 Å². The highest BCUT2D eigenvalue weighted by Crippen LogP contribution is 2.66. The molecule has 2 heteroatoms. The number of anilines is 1. The van der Waals surface area contributed by atoms with Gasteiger partial charge < -0.3 is 4.90 Å².